The third-order valence-corrected chi connectivity index (χ3v) is 4.50. The van der Waals surface area contributed by atoms with E-state index in [1.54, 1.807) is 6.92 Å². The Morgan fingerprint density at radius 3 is 2.64 bits per heavy atom. The lowest BCUT2D eigenvalue weighted by Crippen LogP contribution is -2.24. The first-order valence-corrected chi connectivity index (χ1v) is 8.67. The molecule has 2 aromatic rings. The average molecular weight is 341 g/mol. The predicted octanol–water partition coefficient (Wildman–Crippen LogP) is 2.60. The van der Waals surface area contributed by atoms with Crippen LogP contribution in [0.15, 0.2) is 28.8 Å². The molecule has 0 atom stereocenters. The zero-order valence-corrected chi connectivity index (χ0v) is 14.7. The van der Waals surface area contributed by atoms with Gasteiger partial charge in [0.1, 0.15) is 11.3 Å². The Morgan fingerprint density at radius 2 is 2.00 bits per heavy atom. The highest BCUT2D eigenvalue weighted by Crippen LogP contribution is 2.16. The summed E-state index contributed by atoms with van der Waals surface area (Å²) in [5.41, 5.74) is 3.26. The number of carbonyl (C=O) groups excluding carboxylic acids is 2. The number of hydrogen-bond acceptors (Lipinski definition) is 4. The summed E-state index contributed by atoms with van der Waals surface area (Å²) in [5.74, 6) is 0.676. The topological polar surface area (TPSA) is 75.4 Å². The van der Waals surface area contributed by atoms with E-state index >= 15 is 0 Å². The van der Waals surface area contributed by atoms with E-state index in [2.05, 4.69) is 10.5 Å². The van der Waals surface area contributed by atoms with E-state index in [1.807, 2.05) is 36.1 Å². The van der Waals surface area contributed by atoms with Crippen molar-refractivity contribution in [1.82, 2.24) is 15.4 Å². The Bertz CT molecular complexity index is 765. The van der Waals surface area contributed by atoms with Crippen molar-refractivity contribution < 1.29 is 14.1 Å². The van der Waals surface area contributed by atoms with Gasteiger partial charge in [-0.1, -0.05) is 36.3 Å². The fourth-order valence-electron chi connectivity index (χ4n) is 3.07. The summed E-state index contributed by atoms with van der Waals surface area (Å²) in [6.07, 6.45) is 2.24. The van der Waals surface area contributed by atoms with Crippen LogP contribution in [0.25, 0.3) is 0 Å². The van der Waals surface area contributed by atoms with Gasteiger partial charge < -0.3 is 14.7 Å². The number of aryl methyl sites for hydroxylation is 2. The van der Waals surface area contributed by atoms with Crippen LogP contribution in [0.1, 0.15) is 52.7 Å². The van der Waals surface area contributed by atoms with Crippen molar-refractivity contribution in [3.05, 3.63) is 52.4 Å². The first-order chi connectivity index (χ1) is 12.1. The monoisotopic (exact) mass is 341 g/mol. The van der Waals surface area contributed by atoms with E-state index < -0.39 is 0 Å². The van der Waals surface area contributed by atoms with Gasteiger partial charge in [0.15, 0.2) is 0 Å². The molecule has 6 heteroatoms. The van der Waals surface area contributed by atoms with Crippen LogP contribution in [0.3, 0.4) is 0 Å². The summed E-state index contributed by atoms with van der Waals surface area (Å²) in [6, 6.07) is 7.99. The van der Waals surface area contributed by atoms with Gasteiger partial charge in [-0.3, -0.25) is 9.59 Å². The van der Waals surface area contributed by atoms with Gasteiger partial charge in [0.05, 0.1) is 5.69 Å². The lowest BCUT2D eigenvalue weighted by molar-refractivity contribution is -0.128. The van der Waals surface area contributed by atoms with Gasteiger partial charge in [0, 0.05) is 32.5 Å². The second-order valence-corrected chi connectivity index (χ2v) is 6.34. The van der Waals surface area contributed by atoms with Crippen molar-refractivity contribution in [2.75, 3.05) is 6.54 Å². The zero-order chi connectivity index (χ0) is 17.8. The third kappa shape index (κ3) is 3.90. The van der Waals surface area contributed by atoms with E-state index in [-0.39, 0.29) is 11.8 Å². The number of nitrogens with one attached hydrogen (secondary N) is 1. The molecule has 132 valence electrons. The van der Waals surface area contributed by atoms with E-state index in [9.17, 15) is 9.59 Å². The molecular weight excluding hydrogens is 318 g/mol. The number of aromatic nitrogens is 1. The van der Waals surface area contributed by atoms with E-state index in [0.717, 1.165) is 24.1 Å². The maximum absolute atomic E-state index is 12.4. The highest BCUT2D eigenvalue weighted by atomic mass is 16.5. The van der Waals surface area contributed by atoms with Crippen molar-refractivity contribution in [3.8, 4) is 0 Å². The summed E-state index contributed by atoms with van der Waals surface area (Å²) in [6.45, 7) is 5.64. The molecule has 1 saturated heterocycles. The Hall–Kier alpha value is -2.63. The number of benzene rings is 1. The first kappa shape index (κ1) is 17.2. The third-order valence-electron chi connectivity index (χ3n) is 4.50. The Balaban J connectivity index is 1.57. The quantitative estimate of drug-likeness (QED) is 0.876. The van der Waals surface area contributed by atoms with Crippen LogP contribution in [-0.4, -0.2) is 28.4 Å². The van der Waals surface area contributed by atoms with Gasteiger partial charge in [-0.25, -0.2) is 0 Å². The number of rotatable bonds is 6. The molecule has 2 heterocycles. The number of amides is 2. The molecule has 1 aliphatic rings. The first-order valence-electron chi connectivity index (χ1n) is 8.67. The van der Waals surface area contributed by atoms with Crippen molar-refractivity contribution >= 4 is 11.8 Å². The highest BCUT2D eigenvalue weighted by Gasteiger charge is 2.20. The summed E-state index contributed by atoms with van der Waals surface area (Å²) in [7, 11) is 0. The smallest absolute Gasteiger partial charge is 0.257 e. The van der Waals surface area contributed by atoms with E-state index in [0.29, 0.717) is 42.9 Å². The molecule has 1 aliphatic heterocycles. The molecule has 2 amide bonds. The van der Waals surface area contributed by atoms with Crippen LogP contribution in [0, 0.1) is 6.92 Å². The minimum Gasteiger partial charge on any atom is -0.360 e. The van der Waals surface area contributed by atoms with Gasteiger partial charge in [-0.15, -0.1) is 0 Å². The Morgan fingerprint density at radius 1 is 1.28 bits per heavy atom. The standard InChI is InChI=1S/C19H23N3O3/c1-3-16-18(13(2)21-25-16)19(24)20-11-14-6-8-15(9-7-14)12-22-10-4-5-17(22)23/h6-9H,3-5,10-12H2,1-2H3,(H,20,24). The van der Waals surface area contributed by atoms with Crippen LogP contribution >= 0.6 is 0 Å². The summed E-state index contributed by atoms with van der Waals surface area (Å²) in [4.78, 5) is 25.9. The largest absolute Gasteiger partial charge is 0.360 e. The van der Waals surface area contributed by atoms with Gasteiger partial charge in [0.2, 0.25) is 5.91 Å². The maximum Gasteiger partial charge on any atom is 0.257 e. The lowest BCUT2D eigenvalue weighted by Gasteiger charge is -2.15. The number of nitrogens with zero attached hydrogens (tertiary/aromatic N) is 2. The zero-order valence-electron chi connectivity index (χ0n) is 14.7. The van der Waals surface area contributed by atoms with Crippen LogP contribution < -0.4 is 5.32 Å². The van der Waals surface area contributed by atoms with Crippen molar-refractivity contribution in [3.63, 3.8) is 0 Å². The van der Waals surface area contributed by atoms with Gasteiger partial charge in [-0.05, 0) is 24.5 Å². The average Bonchev–Trinajstić information content (AvgIpc) is 3.19. The molecule has 6 nitrogen and oxygen atoms in total. The Labute approximate surface area is 147 Å². The van der Waals surface area contributed by atoms with Crippen molar-refractivity contribution in [2.24, 2.45) is 0 Å². The second-order valence-electron chi connectivity index (χ2n) is 6.34. The minimum atomic E-state index is -0.165. The number of likely N-dealkylation sites (tertiary alicyclic amines) is 1. The molecule has 0 spiro atoms. The van der Waals surface area contributed by atoms with Gasteiger partial charge in [0.25, 0.3) is 5.91 Å². The molecule has 1 fully saturated rings. The fraction of sp³-hybridized carbons (Fsp3) is 0.421. The van der Waals surface area contributed by atoms with Crippen LogP contribution in [0.2, 0.25) is 0 Å². The summed E-state index contributed by atoms with van der Waals surface area (Å²) < 4.78 is 5.16. The van der Waals surface area contributed by atoms with E-state index in [4.69, 9.17) is 4.52 Å². The number of carbonyl (C=O) groups is 2. The molecule has 0 radical (unpaired) electrons. The molecular formula is C19H23N3O3. The molecule has 0 unspecified atom stereocenters. The van der Waals surface area contributed by atoms with Crippen LogP contribution in [0.5, 0.6) is 0 Å². The van der Waals surface area contributed by atoms with Gasteiger partial charge in [-0.2, -0.15) is 0 Å². The summed E-state index contributed by atoms with van der Waals surface area (Å²) >= 11 is 0. The van der Waals surface area contributed by atoms with E-state index in [1.165, 1.54) is 0 Å². The molecule has 0 aliphatic carbocycles. The molecule has 25 heavy (non-hydrogen) atoms. The fourth-order valence-corrected chi connectivity index (χ4v) is 3.07. The molecule has 1 aromatic heterocycles. The van der Waals surface area contributed by atoms with Crippen LogP contribution in [-0.2, 0) is 24.3 Å². The van der Waals surface area contributed by atoms with Gasteiger partial charge >= 0.3 is 0 Å². The molecule has 1 aromatic carbocycles. The normalized spacial score (nSPS) is 14.2. The molecule has 0 bridgehead atoms. The lowest BCUT2D eigenvalue weighted by atomic mass is 10.1. The maximum atomic E-state index is 12.4. The minimum absolute atomic E-state index is 0.165. The summed E-state index contributed by atoms with van der Waals surface area (Å²) in [5, 5.41) is 6.78. The molecule has 1 N–H and O–H groups in total. The Kier molecular flexibility index (Phi) is 5.16. The van der Waals surface area contributed by atoms with Crippen molar-refractivity contribution in [1.29, 1.82) is 0 Å². The number of hydrogen-bond donors (Lipinski definition) is 1. The second kappa shape index (κ2) is 7.51. The highest BCUT2D eigenvalue weighted by molar-refractivity contribution is 5.96. The SMILES string of the molecule is CCc1onc(C)c1C(=O)NCc1ccc(CN2CCCC2=O)cc1. The van der Waals surface area contributed by atoms with Crippen LogP contribution in [0.4, 0.5) is 0 Å². The predicted molar refractivity (Wildman–Crippen MR) is 92.9 cm³/mol. The molecule has 3 rings (SSSR count). The molecule has 0 saturated carbocycles. The van der Waals surface area contributed by atoms with Crippen molar-refractivity contribution in [2.45, 2.75) is 46.2 Å².